The lowest BCUT2D eigenvalue weighted by molar-refractivity contribution is 0.237. The van der Waals surface area contributed by atoms with E-state index < -0.39 is 6.04 Å². The van der Waals surface area contributed by atoms with E-state index in [0.717, 1.165) is 11.1 Å². The number of rotatable bonds is 7. The van der Waals surface area contributed by atoms with Gasteiger partial charge in [-0.3, -0.25) is 0 Å². The summed E-state index contributed by atoms with van der Waals surface area (Å²) in [6.07, 6.45) is 5.17. The largest absolute Gasteiger partial charge is 0.497 e. The topological polar surface area (TPSA) is 90.3 Å². The van der Waals surface area contributed by atoms with Crippen LogP contribution in [0.3, 0.4) is 0 Å². The van der Waals surface area contributed by atoms with Crippen molar-refractivity contribution in [3.63, 3.8) is 0 Å². The van der Waals surface area contributed by atoms with Gasteiger partial charge in [-0.25, -0.2) is 14.8 Å². The van der Waals surface area contributed by atoms with Crippen molar-refractivity contribution in [1.29, 1.82) is 0 Å². The second-order valence-electron chi connectivity index (χ2n) is 6.10. The molecule has 0 spiro atoms. The van der Waals surface area contributed by atoms with E-state index in [1.165, 1.54) is 0 Å². The first-order chi connectivity index (χ1) is 13.6. The Morgan fingerprint density at radius 3 is 2.71 bits per heavy atom. The molecule has 0 aliphatic heterocycles. The maximum absolute atomic E-state index is 12.6. The highest BCUT2D eigenvalue weighted by Gasteiger charge is 2.21. The molecule has 0 fully saturated rings. The molecule has 2 amide bonds. The molecule has 8 nitrogen and oxygen atoms in total. The van der Waals surface area contributed by atoms with Crippen LogP contribution >= 0.6 is 0 Å². The van der Waals surface area contributed by atoms with E-state index in [0.29, 0.717) is 17.5 Å². The molecule has 0 aliphatic rings. The van der Waals surface area contributed by atoms with Gasteiger partial charge in [0.2, 0.25) is 5.88 Å². The molecular formula is C20H23N5O3. The van der Waals surface area contributed by atoms with Gasteiger partial charge < -0.3 is 24.7 Å². The van der Waals surface area contributed by atoms with Gasteiger partial charge >= 0.3 is 6.03 Å². The lowest BCUT2D eigenvalue weighted by atomic mass is 10.1. The van der Waals surface area contributed by atoms with Gasteiger partial charge in [0.15, 0.2) is 0 Å². The van der Waals surface area contributed by atoms with Gasteiger partial charge in [0.1, 0.15) is 17.6 Å². The number of nitrogens with zero attached hydrogens (tertiary/aromatic N) is 3. The molecule has 1 unspecified atom stereocenters. The van der Waals surface area contributed by atoms with E-state index in [9.17, 15) is 4.79 Å². The van der Waals surface area contributed by atoms with E-state index in [-0.39, 0.29) is 12.6 Å². The average molecular weight is 381 g/mol. The number of benzene rings is 1. The quantitative estimate of drug-likeness (QED) is 0.656. The fourth-order valence-electron chi connectivity index (χ4n) is 2.87. The number of imidazole rings is 1. The van der Waals surface area contributed by atoms with Crippen LogP contribution in [0.2, 0.25) is 0 Å². The van der Waals surface area contributed by atoms with Crippen LogP contribution in [-0.4, -0.2) is 34.8 Å². The molecule has 3 rings (SSSR count). The van der Waals surface area contributed by atoms with Crippen LogP contribution in [0, 0.1) is 0 Å². The van der Waals surface area contributed by atoms with Gasteiger partial charge in [-0.15, -0.1) is 0 Å². The van der Waals surface area contributed by atoms with Crippen molar-refractivity contribution in [2.24, 2.45) is 7.05 Å². The minimum Gasteiger partial charge on any atom is -0.497 e. The van der Waals surface area contributed by atoms with Crippen LogP contribution in [0.15, 0.2) is 55.0 Å². The van der Waals surface area contributed by atoms with Gasteiger partial charge in [0.25, 0.3) is 0 Å². The van der Waals surface area contributed by atoms with E-state index in [2.05, 4.69) is 20.6 Å². The summed E-state index contributed by atoms with van der Waals surface area (Å²) in [5.41, 5.74) is 1.65. The third-order valence-corrected chi connectivity index (χ3v) is 4.30. The molecule has 3 aromatic rings. The summed E-state index contributed by atoms with van der Waals surface area (Å²) in [6.45, 7) is 0.286. The van der Waals surface area contributed by atoms with Gasteiger partial charge in [-0.2, -0.15) is 0 Å². The zero-order chi connectivity index (χ0) is 19.9. The molecule has 2 heterocycles. The Hall–Kier alpha value is -3.55. The maximum Gasteiger partial charge on any atom is 0.315 e. The summed E-state index contributed by atoms with van der Waals surface area (Å²) in [5.74, 6) is 1.90. The summed E-state index contributed by atoms with van der Waals surface area (Å²) >= 11 is 0. The molecule has 1 aromatic carbocycles. The third kappa shape index (κ3) is 4.40. The summed E-state index contributed by atoms with van der Waals surface area (Å²) in [5, 5.41) is 5.83. The predicted molar refractivity (Wildman–Crippen MR) is 104 cm³/mol. The Bertz CT molecular complexity index is 941. The van der Waals surface area contributed by atoms with Gasteiger partial charge in [-0.05, 0) is 23.8 Å². The van der Waals surface area contributed by atoms with Crippen LogP contribution < -0.4 is 20.1 Å². The summed E-state index contributed by atoms with van der Waals surface area (Å²) in [7, 11) is 5.04. The third-order valence-electron chi connectivity index (χ3n) is 4.30. The number of aromatic nitrogens is 3. The van der Waals surface area contributed by atoms with E-state index >= 15 is 0 Å². The summed E-state index contributed by atoms with van der Waals surface area (Å²) < 4.78 is 12.4. The lowest BCUT2D eigenvalue weighted by Gasteiger charge is -2.20. The van der Waals surface area contributed by atoms with Crippen molar-refractivity contribution < 1.29 is 14.3 Å². The normalized spacial score (nSPS) is 11.5. The van der Waals surface area contributed by atoms with Crippen molar-refractivity contribution in [1.82, 2.24) is 25.2 Å². The number of carbonyl (C=O) groups excluding carboxylic acids is 1. The van der Waals surface area contributed by atoms with Crippen molar-refractivity contribution in [3.8, 4) is 11.6 Å². The van der Waals surface area contributed by atoms with Crippen LogP contribution in [-0.2, 0) is 13.6 Å². The number of ether oxygens (including phenoxy) is 2. The average Bonchev–Trinajstić information content (AvgIpc) is 3.16. The van der Waals surface area contributed by atoms with E-state index in [1.807, 2.05) is 48.1 Å². The SMILES string of the molecule is COc1cccc(C(NC(=O)NCc2cccnc2OC)c2nccn2C)c1. The summed E-state index contributed by atoms with van der Waals surface area (Å²) in [6, 6.07) is 10.4. The van der Waals surface area contributed by atoms with E-state index in [1.54, 1.807) is 32.7 Å². The van der Waals surface area contributed by atoms with Gasteiger partial charge in [0, 0.05) is 37.7 Å². The molecule has 0 saturated heterocycles. The highest BCUT2D eigenvalue weighted by Crippen LogP contribution is 2.24. The molecule has 8 heteroatoms. The van der Waals surface area contributed by atoms with Crippen molar-refractivity contribution in [2.45, 2.75) is 12.6 Å². The van der Waals surface area contributed by atoms with Crippen molar-refractivity contribution in [3.05, 3.63) is 71.9 Å². The molecule has 0 aliphatic carbocycles. The first-order valence-electron chi connectivity index (χ1n) is 8.75. The zero-order valence-corrected chi connectivity index (χ0v) is 16.0. The number of carbonyl (C=O) groups is 1. The molecular weight excluding hydrogens is 358 g/mol. The molecule has 2 aromatic heterocycles. The predicted octanol–water partition coefficient (Wildman–Crippen LogP) is 2.42. The second-order valence-corrected chi connectivity index (χ2v) is 6.10. The van der Waals surface area contributed by atoms with Gasteiger partial charge in [0.05, 0.1) is 14.2 Å². The van der Waals surface area contributed by atoms with Crippen molar-refractivity contribution in [2.75, 3.05) is 14.2 Å². The Kier molecular flexibility index (Phi) is 6.11. The first-order valence-corrected chi connectivity index (χ1v) is 8.75. The molecule has 2 N–H and O–H groups in total. The Morgan fingerprint density at radius 1 is 1.14 bits per heavy atom. The molecule has 1 atom stereocenters. The number of methoxy groups -OCH3 is 2. The molecule has 146 valence electrons. The van der Waals surface area contributed by atoms with Crippen LogP contribution in [0.4, 0.5) is 4.79 Å². The number of hydrogen-bond acceptors (Lipinski definition) is 5. The molecule has 0 bridgehead atoms. The van der Waals surface area contributed by atoms with Gasteiger partial charge in [-0.1, -0.05) is 18.2 Å². The fraction of sp³-hybridized carbons (Fsp3) is 0.250. The minimum atomic E-state index is -0.439. The fourth-order valence-corrected chi connectivity index (χ4v) is 2.87. The molecule has 0 radical (unpaired) electrons. The number of pyridine rings is 1. The minimum absolute atomic E-state index is 0.286. The first kappa shape index (κ1) is 19.2. The van der Waals surface area contributed by atoms with E-state index in [4.69, 9.17) is 9.47 Å². The Labute approximate surface area is 163 Å². The second kappa shape index (κ2) is 8.90. The highest BCUT2D eigenvalue weighted by molar-refractivity contribution is 5.75. The number of aryl methyl sites for hydroxylation is 1. The van der Waals surface area contributed by atoms with Crippen LogP contribution in [0.5, 0.6) is 11.6 Å². The Morgan fingerprint density at radius 2 is 2.00 bits per heavy atom. The number of hydrogen-bond donors (Lipinski definition) is 2. The maximum atomic E-state index is 12.6. The zero-order valence-electron chi connectivity index (χ0n) is 16.0. The standard InChI is InChI=1S/C20H23N5O3/c1-25-11-10-21-18(25)17(14-6-4-8-16(12-14)27-2)24-20(26)23-13-15-7-5-9-22-19(15)28-3/h4-12,17H,13H2,1-3H3,(H2,23,24,26). The number of amides is 2. The number of urea groups is 1. The monoisotopic (exact) mass is 381 g/mol. The molecule has 28 heavy (non-hydrogen) atoms. The molecule has 0 saturated carbocycles. The van der Waals surface area contributed by atoms with Crippen molar-refractivity contribution >= 4 is 6.03 Å². The van der Waals surface area contributed by atoms with Crippen LogP contribution in [0.1, 0.15) is 23.0 Å². The Balaban J connectivity index is 1.77. The number of nitrogens with one attached hydrogen (secondary N) is 2. The lowest BCUT2D eigenvalue weighted by Crippen LogP contribution is -2.39. The highest BCUT2D eigenvalue weighted by atomic mass is 16.5. The smallest absolute Gasteiger partial charge is 0.315 e. The summed E-state index contributed by atoms with van der Waals surface area (Å²) in [4.78, 5) is 21.1. The van der Waals surface area contributed by atoms with Crippen LogP contribution in [0.25, 0.3) is 0 Å².